The van der Waals surface area contributed by atoms with Gasteiger partial charge in [0.15, 0.2) is 0 Å². The van der Waals surface area contributed by atoms with Crippen molar-refractivity contribution in [1.29, 1.82) is 0 Å². The van der Waals surface area contributed by atoms with Crippen LogP contribution in [0.4, 0.5) is 5.95 Å². The Morgan fingerprint density at radius 2 is 1.80 bits per heavy atom. The van der Waals surface area contributed by atoms with Crippen molar-refractivity contribution in [3.8, 4) is 0 Å². The zero-order valence-corrected chi connectivity index (χ0v) is 8.51. The SMILES string of the molecule is Cc1nc(N)nc(Cc2ccccc2)n1. The van der Waals surface area contributed by atoms with E-state index < -0.39 is 0 Å². The molecular weight excluding hydrogens is 188 g/mol. The first-order valence-electron chi connectivity index (χ1n) is 4.75. The molecule has 0 spiro atoms. The Hall–Kier alpha value is -1.97. The highest BCUT2D eigenvalue weighted by Gasteiger charge is 2.01. The van der Waals surface area contributed by atoms with Crippen molar-refractivity contribution in [3.05, 3.63) is 47.5 Å². The van der Waals surface area contributed by atoms with Gasteiger partial charge < -0.3 is 5.73 Å². The van der Waals surface area contributed by atoms with Gasteiger partial charge in [-0.05, 0) is 12.5 Å². The minimum Gasteiger partial charge on any atom is -0.368 e. The van der Waals surface area contributed by atoms with Gasteiger partial charge in [0.1, 0.15) is 11.6 Å². The van der Waals surface area contributed by atoms with Crippen LogP contribution in [0.2, 0.25) is 0 Å². The van der Waals surface area contributed by atoms with Crippen LogP contribution in [0.5, 0.6) is 0 Å². The molecule has 0 fully saturated rings. The number of aryl methyl sites for hydroxylation is 1. The lowest BCUT2D eigenvalue weighted by Gasteiger charge is -2.02. The van der Waals surface area contributed by atoms with E-state index in [1.165, 1.54) is 5.56 Å². The van der Waals surface area contributed by atoms with Gasteiger partial charge in [-0.15, -0.1) is 0 Å². The molecule has 0 bridgehead atoms. The van der Waals surface area contributed by atoms with Crippen LogP contribution in [0.1, 0.15) is 17.2 Å². The van der Waals surface area contributed by atoms with Crippen LogP contribution in [0.3, 0.4) is 0 Å². The van der Waals surface area contributed by atoms with Crippen LogP contribution in [0, 0.1) is 6.92 Å². The molecule has 0 saturated heterocycles. The number of aromatic nitrogens is 3. The van der Waals surface area contributed by atoms with Gasteiger partial charge in [0.25, 0.3) is 0 Å². The van der Waals surface area contributed by atoms with E-state index in [1.54, 1.807) is 0 Å². The molecule has 0 saturated carbocycles. The summed E-state index contributed by atoms with van der Waals surface area (Å²) in [6, 6.07) is 10.0. The molecular formula is C11H12N4. The smallest absolute Gasteiger partial charge is 0.223 e. The van der Waals surface area contributed by atoms with Crippen molar-refractivity contribution in [2.45, 2.75) is 13.3 Å². The monoisotopic (exact) mass is 200 g/mol. The average molecular weight is 200 g/mol. The summed E-state index contributed by atoms with van der Waals surface area (Å²) < 4.78 is 0. The second-order valence-electron chi connectivity index (χ2n) is 3.32. The molecule has 1 aromatic heterocycles. The molecule has 1 aromatic carbocycles. The van der Waals surface area contributed by atoms with Crippen molar-refractivity contribution < 1.29 is 0 Å². The lowest BCUT2D eigenvalue weighted by molar-refractivity contribution is 0.890. The van der Waals surface area contributed by atoms with Gasteiger partial charge in [0.05, 0.1) is 0 Å². The Balaban J connectivity index is 2.25. The fourth-order valence-electron chi connectivity index (χ4n) is 1.42. The zero-order valence-electron chi connectivity index (χ0n) is 8.51. The van der Waals surface area contributed by atoms with Crippen molar-refractivity contribution in [2.75, 3.05) is 5.73 Å². The van der Waals surface area contributed by atoms with Crippen LogP contribution in [0.15, 0.2) is 30.3 Å². The zero-order chi connectivity index (χ0) is 10.7. The molecule has 15 heavy (non-hydrogen) atoms. The van der Waals surface area contributed by atoms with Gasteiger partial charge in [0, 0.05) is 6.42 Å². The predicted molar refractivity (Wildman–Crippen MR) is 58.2 cm³/mol. The van der Waals surface area contributed by atoms with Crippen molar-refractivity contribution in [3.63, 3.8) is 0 Å². The van der Waals surface area contributed by atoms with Gasteiger partial charge in [-0.2, -0.15) is 9.97 Å². The van der Waals surface area contributed by atoms with Crippen molar-refractivity contribution in [2.24, 2.45) is 0 Å². The summed E-state index contributed by atoms with van der Waals surface area (Å²) >= 11 is 0. The summed E-state index contributed by atoms with van der Waals surface area (Å²) in [6.45, 7) is 1.81. The van der Waals surface area contributed by atoms with Gasteiger partial charge in [-0.3, -0.25) is 0 Å². The quantitative estimate of drug-likeness (QED) is 0.794. The number of hydrogen-bond acceptors (Lipinski definition) is 4. The molecule has 2 aromatic rings. The third-order valence-corrected chi connectivity index (χ3v) is 2.02. The normalized spacial score (nSPS) is 10.2. The summed E-state index contributed by atoms with van der Waals surface area (Å²) in [7, 11) is 0. The molecule has 0 atom stereocenters. The summed E-state index contributed by atoms with van der Waals surface area (Å²) in [4.78, 5) is 12.2. The van der Waals surface area contributed by atoms with E-state index in [4.69, 9.17) is 5.73 Å². The van der Waals surface area contributed by atoms with Gasteiger partial charge in [-0.1, -0.05) is 30.3 Å². The Labute approximate surface area is 88.2 Å². The Bertz CT molecular complexity index is 433. The highest BCUT2D eigenvalue weighted by atomic mass is 15.1. The number of hydrogen-bond donors (Lipinski definition) is 1. The van der Waals surface area contributed by atoms with Gasteiger partial charge in [-0.25, -0.2) is 4.98 Å². The van der Waals surface area contributed by atoms with Crippen LogP contribution in [-0.2, 0) is 6.42 Å². The molecule has 76 valence electrons. The summed E-state index contributed by atoms with van der Waals surface area (Å²) in [5.74, 6) is 1.66. The maximum absolute atomic E-state index is 5.55. The fraction of sp³-hybridized carbons (Fsp3) is 0.182. The molecule has 0 radical (unpaired) electrons. The number of benzene rings is 1. The second kappa shape index (κ2) is 4.04. The van der Waals surface area contributed by atoms with Crippen molar-refractivity contribution >= 4 is 5.95 Å². The van der Waals surface area contributed by atoms with Crippen LogP contribution < -0.4 is 5.73 Å². The molecule has 0 aliphatic heterocycles. The predicted octanol–water partition coefficient (Wildman–Crippen LogP) is 1.35. The minimum absolute atomic E-state index is 0.286. The number of nitrogens with zero attached hydrogens (tertiary/aromatic N) is 3. The first-order chi connectivity index (χ1) is 7.24. The Kier molecular flexibility index (Phi) is 2.58. The molecule has 1 heterocycles. The van der Waals surface area contributed by atoms with Crippen LogP contribution in [0.25, 0.3) is 0 Å². The van der Waals surface area contributed by atoms with Gasteiger partial charge >= 0.3 is 0 Å². The van der Waals surface area contributed by atoms with Gasteiger partial charge in [0.2, 0.25) is 5.95 Å². The van der Waals surface area contributed by atoms with E-state index in [1.807, 2.05) is 37.3 Å². The second-order valence-corrected chi connectivity index (χ2v) is 3.32. The van der Waals surface area contributed by atoms with E-state index in [2.05, 4.69) is 15.0 Å². The number of anilines is 1. The van der Waals surface area contributed by atoms with E-state index in [9.17, 15) is 0 Å². The van der Waals surface area contributed by atoms with E-state index >= 15 is 0 Å². The maximum Gasteiger partial charge on any atom is 0.223 e. The van der Waals surface area contributed by atoms with Crippen molar-refractivity contribution in [1.82, 2.24) is 15.0 Å². The first-order valence-corrected chi connectivity index (χ1v) is 4.75. The molecule has 4 nitrogen and oxygen atoms in total. The lowest BCUT2D eigenvalue weighted by atomic mass is 10.1. The Morgan fingerprint density at radius 3 is 2.47 bits per heavy atom. The fourth-order valence-corrected chi connectivity index (χ4v) is 1.42. The van der Waals surface area contributed by atoms with E-state index in [-0.39, 0.29) is 5.95 Å². The summed E-state index contributed by atoms with van der Waals surface area (Å²) in [5.41, 5.74) is 6.72. The standard InChI is InChI=1S/C11H12N4/c1-8-13-10(15-11(12)14-8)7-9-5-3-2-4-6-9/h2-6H,7H2,1H3,(H2,12,13,14,15). The average Bonchev–Trinajstić information content (AvgIpc) is 2.17. The highest BCUT2D eigenvalue weighted by molar-refractivity contribution is 5.22. The van der Waals surface area contributed by atoms with E-state index in [0.29, 0.717) is 18.1 Å². The molecule has 0 unspecified atom stereocenters. The third kappa shape index (κ3) is 2.49. The van der Waals surface area contributed by atoms with Crippen LogP contribution >= 0.6 is 0 Å². The molecule has 4 heteroatoms. The first kappa shape index (κ1) is 9.58. The highest BCUT2D eigenvalue weighted by Crippen LogP contribution is 2.05. The maximum atomic E-state index is 5.55. The molecule has 2 N–H and O–H groups in total. The Morgan fingerprint density at radius 1 is 1.07 bits per heavy atom. The number of nitrogen functional groups attached to an aromatic ring is 1. The number of nitrogens with two attached hydrogens (primary N) is 1. The molecule has 0 aliphatic rings. The third-order valence-electron chi connectivity index (χ3n) is 2.02. The number of rotatable bonds is 2. The minimum atomic E-state index is 0.286. The molecule has 0 aliphatic carbocycles. The summed E-state index contributed by atoms with van der Waals surface area (Å²) in [6.07, 6.45) is 0.689. The van der Waals surface area contributed by atoms with E-state index in [0.717, 1.165) is 0 Å². The topological polar surface area (TPSA) is 64.7 Å². The van der Waals surface area contributed by atoms with Crippen LogP contribution in [-0.4, -0.2) is 15.0 Å². The molecule has 2 rings (SSSR count). The largest absolute Gasteiger partial charge is 0.368 e. The lowest BCUT2D eigenvalue weighted by Crippen LogP contribution is -2.05. The summed E-state index contributed by atoms with van der Waals surface area (Å²) in [5, 5.41) is 0. The molecule has 0 amide bonds.